The maximum atomic E-state index is 4.67. The van der Waals surface area contributed by atoms with Crippen molar-refractivity contribution in [3.8, 4) is 0 Å². The van der Waals surface area contributed by atoms with E-state index in [1.165, 1.54) is 41.9 Å². The van der Waals surface area contributed by atoms with Crippen LogP contribution in [-0.2, 0) is 33.0 Å². The van der Waals surface area contributed by atoms with Gasteiger partial charge in [0.1, 0.15) is 0 Å². The van der Waals surface area contributed by atoms with Crippen LogP contribution in [0.1, 0.15) is 49.2 Å². The smallest absolute Gasteiger partial charge is 0.191 e. The second kappa shape index (κ2) is 10.4. The van der Waals surface area contributed by atoms with Gasteiger partial charge in [-0.05, 0) is 37.8 Å². The van der Waals surface area contributed by atoms with Gasteiger partial charge in [-0.2, -0.15) is 5.10 Å². The van der Waals surface area contributed by atoms with E-state index >= 15 is 0 Å². The minimum atomic E-state index is 0.546. The van der Waals surface area contributed by atoms with Gasteiger partial charge < -0.3 is 10.6 Å². The summed E-state index contributed by atoms with van der Waals surface area (Å²) in [5.74, 6) is 0.865. The van der Waals surface area contributed by atoms with Crippen LogP contribution in [0.5, 0.6) is 0 Å². The first kappa shape index (κ1) is 21.4. The minimum Gasteiger partial charge on any atom is -0.355 e. The Labute approximate surface area is 175 Å². The average Bonchev–Trinajstić information content (AvgIpc) is 3.31. The largest absolute Gasteiger partial charge is 0.355 e. The van der Waals surface area contributed by atoms with Crippen molar-refractivity contribution in [1.82, 2.24) is 25.3 Å². The van der Waals surface area contributed by atoms with Crippen LogP contribution in [0.15, 0.2) is 35.3 Å². The van der Waals surface area contributed by atoms with Gasteiger partial charge in [0.25, 0.3) is 0 Å². The molecule has 1 aromatic carbocycles. The summed E-state index contributed by atoms with van der Waals surface area (Å²) in [4.78, 5) is 7.02. The monoisotopic (exact) mass is 396 g/mol. The summed E-state index contributed by atoms with van der Waals surface area (Å²) in [6, 6.07) is 11.3. The summed E-state index contributed by atoms with van der Waals surface area (Å²) in [5, 5.41) is 11.7. The molecule has 0 radical (unpaired) electrons. The molecule has 6 nitrogen and oxygen atoms in total. The lowest BCUT2D eigenvalue weighted by Gasteiger charge is -2.25. The first-order chi connectivity index (χ1) is 14.2. The molecule has 2 N–H and O–H groups in total. The number of hydrogen-bond donors (Lipinski definition) is 2. The zero-order valence-corrected chi connectivity index (χ0v) is 18.4. The van der Waals surface area contributed by atoms with E-state index in [4.69, 9.17) is 0 Å². The van der Waals surface area contributed by atoms with Crippen LogP contribution in [0.4, 0.5) is 0 Å². The summed E-state index contributed by atoms with van der Waals surface area (Å²) < 4.78 is 2.02. The fourth-order valence-corrected chi connectivity index (χ4v) is 4.35. The maximum absolute atomic E-state index is 4.67. The SMILES string of the molecule is CCc1nn(C)c(CC)c1CNC(=NC)NCC1CCCN1Cc1ccccc1. The first-order valence-electron chi connectivity index (χ1n) is 10.9. The molecule has 6 heteroatoms. The van der Waals surface area contributed by atoms with E-state index in [2.05, 4.69) is 69.8 Å². The van der Waals surface area contributed by atoms with Crippen molar-refractivity contribution in [2.45, 2.75) is 58.7 Å². The summed E-state index contributed by atoms with van der Waals surface area (Å²) in [6.45, 7) is 8.23. The van der Waals surface area contributed by atoms with Crippen molar-refractivity contribution >= 4 is 5.96 Å². The van der Waals surface area contributed by atoms with Crippen molar-refractivity contribution in [2.75, 3.05) is 20.1 Å². The van der Waals surface area contributed by atoms with E-state index in [0.717, 1.165) is 38.4 Å². The Kier molecular flexibility index (Phi) is 7.69. The molecule has 3 rings (SSSR count). The highest BCUT2D eigenvalue weighted by Crippen LogP contribution is 2.19. The summed E-state index contributed by atoms with van der Waals surface area (Å²) in [6.07, 6.45) is 4.44. The molecular formula is C23H36N6. The third-order valence-electron chi connectivity index (χ3n) is 5.92. The highest BCUT2D eigenvalue weighted by Gasteiger charge is 2.24. The lowest BCUT2D eigenvalue weighted by Crippen LogP contribution is -2.44. The Balaban J connectivity index is 1.54. The van der Waals surface area contributed by atoms with Crippen LogP contribution >= 0.6 is 0 Å². The van der Waals surface area contributed by atoms with Gasteiger partial charge in [0.15, 0.2) is 5.96 Å². The van der Waals surface area contributed by atoms with E-state index in [9.17, 15) is 0 Å². The van der Waals surface area contributed by atoms with Gasteiger partial charge in [0.2, 0.25) is 0 Å². The van der Waals surface area contributed by atoms with Crippen molar-refractivity contribution in [1.29, 1.82) is 0 Å². The Hall–Kier alpha value is -2.34. The van der Waals surface area contributed by atoms with Crippen molar-refractivity contribution in [2.24, 2.45) is 12.0 Å². The van der Waals surface area contributed by atoms with Gasteiger partial charge in [-0.1, -0.05) is 44.2 Å². The molecule has 0 saturated carbocycles. The molecule has 0 aliphatic carbocycles. The number of hydrogen-bond acceptors (Lipinski definition) is 3. The fourth-order valence-electron chi connectivity index (χ4n) is 4.35. The molecule has 2 aromatic rings. The molecular weight excluding hydrogens is 360 g/mol. The van der Waals surface area contributed by atoms with Gasteiger partial charge in [0, 0.05) is 51.0 Å². The average molecular weight is 397 g/mol. The van der Waals surface area contributed by atoms with E-state index < -0.39 is 0 Å². The molecule has 1 unspecified atom stereocenters. The Morgan fingerprint density at radius 2 is 1.97 bits per heavy atom. The van der Waals surface area contributed by atoms with Crippen molar-refractivity contribution in [3.05, 3.63) is 52.8 Å². The van der Waals surface area contributed by atoms with Crippen LogP contribution in [0.3, 0.4) is 0 Å². The minimum absolute atomic E-state index is 0.546. The molecule has 29 heavy (non-hydrogen) atoms. The standard InChI is InChI=1S/C23H36N6/c1-5-21-20(22(6-2)28(4)27-21)16-26-23(24-3)25-15-19-13-10-14-29(19)17-18-11-8-7-9-12-18/h7-9,11-12,19H,5-6,10,13-17H2,1-4H3,(H2,24,25,26). The number of benzene rings is 1. The zero-order chi connectivity index (χ0) is 20.6. The number of nitrogens with one attached hydrogen (secondary N) is 2. The van der Waals surface area contributed by atoms with Crippen LogP contribution in [0.25, 0.3) is 0 Å². The van der Waals surface area contributed by atoms with E-state index in [1.54, 1.807) is 0 Å². The number of guanidine groups is 1. The third-order valence-corrected chi connectivity index (χ3v) is 5.92. The Morgan fingerprint density at radius 1 is 1.17 bits per heavy atom. The molecule has 1 aromatic heterocycles. The van der Waals surface area contributed by atoms with E-state index in [-0.39, 0.29) is 0 Å². The molecule has 0 amide bonds. The van der Waals surface area contributed by atoms with Crippen LogP contribution in [0, 0.1) is 0 Å². The number of nitrogens with zero attached hydrogens (tertiary/aromatic N) is 4. The Morgan fingerprint density at radius 3 is 2.66 bits per heavy atom. The molecule has 1 aliphatic heterocycles. The molecule has 2 heterocycles. The van der Waals surface area contributed by atoms with Crippen LogP contribution in [0.2, 0.25) is 0 Å². The highest BCUT2D eigenvalue weighted by molar-refractivity contribution is 5.79. The highest BCUT2D eigenvalue weighted by atomic mass is 15.3. The van der Waals surface area contributed by atoms with Crippen molar-refractivity contribution < 1.29 is 0 Å². The lowest BCUT2D eigenvalue weighted by molar-refractivity contribution is 0.245. The van der Waals surface area contributed by atoms with Crippen LogP contribution < -0.4 is 10.6 Å². The molecule has 0 spiro atoms. The third kappa shape index (κ3) is 5.38. The van der Waals surface area contributed by atoms with Gasteiger partial charge in [-0.3, -0.25) is 14.6 Å². The lowest BCUT2D eigenvalue weighted by atomic mass is 10.1. The molecule has 1 saturated heterocycles. The molecule has 158 valence electrons. The number of aryl methyl sites for hydroxylation is 2. The summed E-state index contributed by atoms with van der Waals surface area (Å²) in [5.41, 5.74) is 5.18. The summed E-state index contributed by atoms with van der Waals surface area (Å²) in [7, 11) is 3.88. The quantitative estimate of drug-likeness (QED) is 0.532. The topological polar surface area (TPSA) is 57.5 Å². The van der Waals surface area contributed by atoms with Crippen LogP contribution in [-0.4, -0.2) is 46.8 Å². The molecule has 1 atom stereocenters. The van der Waals surface area contributed by atoms with E-state index in [1.807, 2.05) is 18.8 Å². The first-order valence-corrected chi connectivity index (χ1v) is 10.9. The fraction of sp³-hybridized carbons (Fsp3) is 0.565. The zero-order valence-electron chi connectivity index (χ0n) is 18.4. The van der Waals surface area contributed by atoms with Gasteiger partial charge in [0.05, 0.1) is 5.69 Å². The number of aromatic nitrogens is 2. The number of aliphatic imine (C=N–C) groups is 1. The normalized spacial score (nSPS) is 17.7. The molecule has 1 fully saturated rings. The van der Waals surface area contributed by atoms with Gasteiger partial charge in [-0.15, -0.1) is 0 Å². The molecule has 1 aliphatic rings. The second-order valence-electron chi connectivity index (χ2n) is 7.76. The second-order valence-corrected chi connectivity index (χ2v) is 7.76. The predicted octanol–water partition coefficient (Wildman–Crippen LogP) is 2.87. The van der Waals surface area contributed by atoms with Gasteiger partial charge >= 0.3 is 0 Å². The maximum Gasteiger partial charge on any atom is 0.191 e. The van der Waals surface area contributed by atoms with Gasteiger partial charge in [-0.25, -0.2) is 0 Å². The van der Waals surface area contributed by atoms with E-state index in [0.29, 0.717) is 6.04 Å². The summed E-state index contributed by atoms with van der Waals surface area (Å²) >= 11 is 0. The van der Waals surface area contributed by atoms with Crippen molar-refractivity contribution in [3.63, 3.8) is 0 Å². The Bertz CT molecular complexity index is 795. The number of likely N-dealkylation sites (tertiary alicyclic amines) is 1. The number of rotatable bonds is 8. The predicted molar refractivity (Wildman–Crippen MR) is 120 cm³/mol. The molecule has 0 bridgehead atoms.